The first kappa shape index (κ1) is 25.0. The van der Waals surface area contributed by atoms with Gasteiger partial charge in [0.1, 0.15) is 17.2 Å². The Morgan fingerprint density at radius 3 is 2.71 bits per heavy atom. The van der Waals surface area contributed by atoms with Crippen molar-refractivity contribution in [2.45, 2.75) is 12.8 Å². The van der Waals surface area contributed by atoms with Crippen molar-refractivity contribution in [2.75, 3.05) is 59.0 Å². The largest absolute Gasteiger partial charge is 0.497 e. The average Bonchev–Trinajstić information content (AvgIpc) is 2.83. The third-order valence-corrected chi connectivity index (χ3v) is 5.30. The Balaban J connectivity index is 1.60. The van der Waals surface area contributed by atoms with Gasteiger partial charge in [-0.05, 0) is 50.8 Å². The normalized spacial score (nSPS) is 12.7. The van der Waals surface area contributed by atoms with Gasteiger partial charge in [0.05, 0.1) is 12.8 Å². The fraction of sp³-hybridized carbons (Fsp3) is 0.400. The third kappa shape index (κ3) is 6.95. The summed E-state index contributed by atoms with van der Waals surface area (Å²) >= 11 is 0. The highest BCUT2D eigenvalue weighted by Gasteiger charge is 2.26. The minimum absolute atomic E-state index is 0.0543. The molecule has 9 heteroatoms. The van der Waals surface area contributed by atoms with Crippen molar-refractivity contribution < 1.29 is 28.6 Å². The number of hydrogen-bond donors (Lipinski definition) is 1. The summed E-state index contributed by atoms with van der Waals surface area (Å²) in [5.74, 6) is 1.19. The van der Waals surface area contributed by atoms with Crippen LogP contribution in [0.1, 0.15) is 23.2 Å². The number of methoxy groups -OCH3 is 1. The average molecular weight is 470 g/mol. The molecular weight excluding hydrogens is 438 g/mol. The lowest BCUT2D eigenvalue weighted by atomic mass is 10.1. The first-order valence-electron chi connectivity index (χ1n) is 11.2. The van der Waals surface area contributed by atoms with E-state index in [0.717, 1.165) is 6.54 Å². The van der Waals surface area contributed by atoms with Gasteiger partial charge in [-0.15, -0.1) is 0 Å². The number of nitrogens with one attached hydrogen (secondary N) is 1. The van der Waals surface area contributed by atoms with Gasteiger partial charge in [-0.25, -0.2) is 0 Å². The second-order valence-electron chi connectivity index (χ2n) is 8.16. The van der Waals surface area contributed by atoms with E-state index in [1.54, 1.807) is 54.5 Å². The molecule has 0 radical (unpaired) electrons. The number of likely N-dealkylation sites (N-methyl/N-ethyl adjacent to an activating group) is 1. The highest BCUT2D eigenvalue weighted by atomic mass is 16.5. The molecule has 0 spiro atoms. The number of ether oxygens (including phenoxy) is 3. The molecule has 2 aromatic carbocycles. The minimum Gasteiger partial charge on any atom is -0.497 e. The molecule has 2 amide bonds. The Bertz CT molecular complexity index is 1020. The number of nitrogens with zero attached hydrogens (tertiary/aromatic N) is 2. The van der Waals surface area contributed by atoms with Gasteiger partial charge in [0.15, 0.2) is 19.0 Å². The molecule has 0 bridgehead atoms. The van der Waals surface area contributed by atoms with Crippen LogP contribution in [0.3, 0.4) is 0 Å². The van der Waals surface area contributed by atoms with Crippen molar-refractivity contribution in [2.24, 2.45) is 0 Å². The molecule has 1 aliphatic rings. The first-order valence-corrected chi connectivity index (χ1v) is 11.2. The van der Waals surface area contributed by atoms with E-state index in [2.05, 4.69) is 5.32 Å². The monoisotopic (exact) mass is 469 g/mol. The van der Waals surface area contributed by atoms with Crippen LogP contribution in [0.15, 0.2) is 42.5 Å². The Morgan fingerprint density at radius 2 is 1.94 bits per heavy atom. The van der Waals surface area contributed by atoms with Gasteiger partial charge < -0.3 is 29.3 Å². The van der Waals surface area contributed by atoms with Crippen LogP contribution >= 0.6 is 0 Å². The summed E-state index contributed by atoms with van der Waals surface area (Å²) < 4.78 is 16.3. The molecular formula is C25H31N3O6. The summed E-state index contributed by atoms with van der Waals surface area (Å²) in [4.78, 5) is 40.9. The third-order valence-electron chi connectivity index (χ3n) is 5.30. The minimum atomic E-state index is -0.233. The van der Waals surface area contributed by atoms with E-state index in [4.69, 9.17) is 14.2 Å². The maximum Gasteiger partial charge on any atom is 0.265 e. The second kappa shape index (κ2) is 12.0. The Labute approximate surface area is 199 Å². The molecule has 2 aromatic rings. The van der Waals surface area contributed by atoms with Gasteiger partial charge in [-0.3, -0.25) is 14.4 Å². The summed E-state index contributed by atoms with van der Waals surface area (Å²) in [5.41, 5.74) is 0.933. The van der Waals surface area contributed by atoms with Gasteiger partial charge in [0.25, 0.3) is 5.91 Å². The highest BCUT2D eigenvalue weighted by molar-refractivity contribution is 6.02. The lowest BCUT2D eigenvalue weighted by molar-refractivity contribution is -0.122. The van der Waals surface area contributed by atoms with Crippen molar-refractivity contribution in [3.05, 3.63) is 48.0 Å². The van der Waals surface area contributed by atoms with E-state index in [1.165, 1.54) is 0 Å². The van der Waals surface area contributed by atoms with E-state index in [0.29, 0.717) is 54.4 Å². The molecule has 1 heterocycles. The Hall–Kier alpha value is -3.59. The second-order valence-corrected chi connectivity index (χ2v) is 8.16. The number of amides is 2. The summed E-state index contributed by atoms with van der Waals surface area (Å²) in [5, 5.41) is 2.87. The number of fused-ring (bicyclic) bond motifs is 1. The van der Waals surface area contributed by atoms with E-state index in [-0.39, 0.29) is 30.8 Å². The molecule has 3 rings (SSSR count). The van der Waals surface area contributed by atoms with Crippen molar-refractivity contribution in [1.82, 2.24) is 10.2 Å². The number of Topliss-reactive ketones (excluding diaryl/α,β-unsaturated/α-hetero) is 1. The van der Waals surface area contributed by atoms with Gasteiger partial charge in [0, 0.05) is 37.7 Å². The van der Waals surface area contributed by atoms with Gasteiger partial charge >= 0.3 is 0 Å². The first-order chi connectivity index (χ1) is 16.4. The lowest BCUT2D eigenvalue weighted by Crippen LogP contribution is -2.40. The van der Waals surface area contributed by atoms with Crippen LogP contribution in [0, 0.1) is 0 Å². The van der Waals surface area contributed by atoms with Crippen LogP contribution in [0.4, 0.5) is 5.69 Å². The molecule has 0 saturated heterocycles. The van der Waals surface area contributed by atoms with Crippen LogP contribution in [0.5, 0.6) is 17.2 Å². The fourth-order valence-corrected chi connectivity index (χ4v) is 3.45. The fourth-order valence-electron chi connectivity index (χ4n) is 3.45. The van der Waals surface area contributed by atoms with Gasteiger partial charge in [0.2, 0.25) is 5.91 Å². The van der Waals surface area contributed by atoms with Crippen LogP contribution in [-0.2, 0) is 9.59 Å². The smallest absolute Gasteiger partial charge is 0.265 e. The molecule has 0 aliphatic carbocycles. The Kier molecular flexibility index (Phi) is 8.86. The molecule has 0 unspecified atom stereocenters. The number of hydrogen-bond acceptors (Lipinski definition) is 7. The number of ketones is 1. The zero-order valence-electron chi connectivity index (χ0n) is 19.8. The maximum absolute atomic E-state index is 12.7. The van der Waals surface area contributed by atoms with Gasteiger partial charge in [-0.2, -0.15) is 0 Å². The summed E-state index contributed by atoms with van der Waals surface area (Å²) in [7, 11) is 5.44. The number of rotatable bonds is 12. The standard InChI is InChI=1S/C25H31N3O6/c1-27(2)13-11-26-24(30)8-5-12-28-21-14-18(9-10-23(21)34-17-25(28)31)22(29)16-33-20-7-4-6-19(15-20)32-3/h4,6-7,9-10,14-15H,5,8,11-13,16-17H2,1-3H3,(H,26,30). The van der Waals surface area contributed by atoms with E-state index in [1.807, 2.05) is 19.0 Å². The predicted octanol–water partition coefficient (Wildman–Crippen LogP) is 2.14. The number of carbonyl (C=O) groups excluding carboxylic acids is 3. The van der Waals surface area contributed by atoms with Crippen molar-refractivity contribution in [3.8, 4) is 17.2 Å². The molecule has 0 saturated carbocycles. The molecule has 182 valence electrons. The summed E-state index contributed by atoms with van der Waals surface area (Å²) in [6.45, 7) is 1.46. The topological polar surface area (TPSA) is 97.4 Å². The van der Waals surface area contributed by atoms with E-state index < -0.39 is 0 Å². The van der Waals surface area contributed by atoms with E-state index in [9.17, 15) is 14.4 Å². The van der Waals surface area contributed by atoms with Gasteiger partial charge in [-0.1, -0.05) is 6.07 Å². The molecule has 0 fully saturated rings. The number of benzene rings is 2. The lowest BCUT2D eigenvalue weighted by Gasteiger charge is -2.29. The van der Waals surface area contributed by atoms with Crippen molar-refractivity contribution in [1.29, 1.82) is 0 Å². The number of anilines is 1. The molecule has 9 nitrogen and oxygen atoms in total. The molecule has 0 aromatic heterocycles. The molecule has 1 aliphatic heterocycles. The summed E-state index contributed by atoms with van der Waals surface area (Å²) in [6, 6.07) is 12.0. The predicted molar refractivity (Wildman–Crippen MR) is 128 cm³/mol. The quantitative estimate of drug-likeness (QED) is 0.476. The molecule has 0 atom stereocenters. The van der Waals surface area contributed by atoms with Crippen LogP contribution in [0.25, 0.3) is 0 Å². The highest BCUT2D eigenvalue weighted by Crippen LogP contribution is 2.33. The van der Waals surface area contributed by atoms with Crippen LogP contribution in [-0.4, -0.2) is 76.6 Å². The van der Waals surface area contributed by atoms with Crippen LogP contribution in [0.2, 0.25) is 0 Å². The summed E-state index contributed by atoms with van der Waals surface area (Å²) in [6.07, 6.45) is 0.802. The van der Waals surface area contributed by atoms with Crippen molar-refractivity contribution in [3.63, 3.8) is 0 Å². The maximum atomic E-state index is 12.7. The zero-order chi connectivity index (χ0) is 24.5. The Morgan fingerprint density at radius 1 is 1.15 bits per heavy atom. The van der Waals surface area contributed by atoms with Crippen molar-refractivity contribution >= 4 is 23.3 Å². The van der Waals surface area contributed by atoms with E-state index >= 15 is 0 Å². The molecule has 34 heavy (non-hydrogen) atoms. The SMILES string of the molecule is COc1cccc(OCC(=O)c2ccc3c(c2)N(CCCC(=O)NCCN(C)C)C(=O)CO3)c1. The molecule has 1 N–H and O–H groups in total. The van der Waals surface area contributed by atoms with Crippen LogP contribution < -0.4 is 24.4 Å². The number of carbonyl (C=O) groups is 3. The zero-order valence-corrected chi connectivity index (χ0v) is 19.8.